The fourth-order valence-corrected chi connectivity index (χ4v) is 1.28. The van der Waals surface area contributed by atoms with E-state index in [9.17, 15) is 9.59 Å². The lowest BCUT2D eigenvalue weighted by atomic mass is 9.95. The highest BCUT2D eigenvalue weighted by Gasteiger charge is 2.18. The van der Waals surface area contributed by atoms with Gasteiger partial charge in [-0.15, -0.1) is 0 Å². The third-order valence-electron chi connectivity index (χ3n) is 1.88. The fourth-order valence-electron chi connectivity index (χ4n) is 1.28. The molecule has 4 nitrogen and oxygen atoms in total. The molecule has 0 fully saturated rings. The summed E-state index contributed by atoms with van der Waals surface area (Å²) in [5.74, 6) is -1.33. The maximum atomic E-state index is 11.0. The predicted molar refractivity (Wildman–Crippen MR) is 47.2 cm³/mol. The average molecular weight is 188 g/mol. The molecule has 76 valence electrons. The Labute approximate surface area is 77.9 Å². The second-order valence-electron chi connectivity index (χ2n) is 3.36. The topological polar surface area (TPSA) is 63.6 Å². The number of hydrogen-bond donors (Lipinski definition) is 1. The molecule has 0 aromatic carbocycles. The smallest absolute Gasteiger partial charge is 0.308 e. The number of carbonyl (C=O) groups is 2. The Kier molecular flexibility index (Phi) is 5.11. The highest BCUT2D eigenvalue weighted by molar-refractivity contribution is 5.72. The first-order chi connectivity index (χ1) is 5.97. The number of esters is 1. The predicted octanol–water partition coefficient (Wildman–Crippen LogP) is 1.30. The zero-order valence-corrected chi connectivity index (χ0v) is 8.24. The van der Waals surface area contributed by atoms with Crippen molar-refractivity contribution in [3.8, 4) is 0 Å². The molecule has 0 amide bonds. The molecule has 0 radical (unpaired) electrons. The normalized spacial score (nSPS) is 14.7. The van der Waals surface area contributed by atoms with E-state index >= 15 is 0 Å². The van der Waals surface area contributed by atoms with Crippen LogP contribution in [0.5, 0.6) is 0 Å². The van der Waals surface area contributed by atoms with Crippen LogP contribution in [0.25, 0.3) is 0 Å². The second-order valence-corrected chi connectivity index (χ2v) is 3.36. The number of hydrogen-bond acceptors (Lipinski definition) is 3. The maximum Gasteiger partial charge on any atom is 0.308 e. The molecule has 0 aliphatic heterocycles. The number of carboxylic acid groups (broad SMARTS) is 1. The number of carbonyl (C=O) groups excluding carboxylic acids is 1. The first kappa shape index (κ1) is 11.9. The molecule has 4 heteroatoms. The molecule has 1 N–H and O–H groups in total. The summed E-state index contributed by atoms with van der Waals surface area (Å²) in [6.45, 7) is 3.55. The lowest BCUT2D eigenvalue weighted by molar-refractivity contribution is -0.146. The van der Waals surface area contributed by atoms with Gasteiger partial charge in [-0.1, -0.05) is 13.8 Å². The summed E-state index contributed by atoms with van der Waals surface area (Å²) >= 11 is 0. The van der Waals surface area contributed by atoms with E-state index in [0.717, 1.165) is 0 Å². The van der Waals surface area contributed by atoms with Crippen LogP contribution in [0, 0.1) is 11.8 Å². The van der Waals surface area contributed by atoms with Crippen molar-refractivity contribution >= 4 is 11.9 Å². The molecule has 0 unspecified atom stereocenters. The van der Waals surface area contributed by atoms with Crippen LogP contribution in [0.2, 0.25) is 0 Å². The van der Waals surface area contributed by atoms with E-state index in [4.69, 9.17) is 5.11 Å². The summed E-state index contributed by atoms with van der Waals surface area (Å²) in [7, 11) is 1.33. The number of methoxy groups -OCH3 is 1. The van der Waals surface area contributed by atoms with Crippen molar-refractivity contribution in [3.63, 3.8) is 0 Å². The monoisotopic (exact) mass is 188 g/mol. The second kappa shape index (κ2) is 5.56. The minimum atomic E-state index is -0.829. The van der Waals surface area contributed by atoms with Crippen LogP contribution in [-0.4, -0.2) is 24.2 Å². The van der Waals surface area contributed by atoms with Crippen LogP contribution in [0.3, 0.4) is 0 Å². The molecule has 0 aromatic heterocycles. The van der Waals surface area contributed by atoms with Crippen molar-refractivity contribution in [2.45, 2.75) is 26.7 Å². The molecule has 0 bridgehead atoms. The van der Waals surface area contributed by atoms with Crippen molar-refractivity contribution in [1.29, 1.82) is 0 Å². The van der Waals surface area contributed by atoms with E-state index in [0.29, 0.717) is 6.42 Å². The number of rotatable bonds is 5. The average Bonchev–Trinajstić information content (AvgIpc) is 2.01. The molecule has 0 saturated carbocycles. The van der Waals surface area contributed by atoms with Crippen LogP contribution in [0.1, 0.15) is 26.7 Å². The van der Waals surface area contributed by atoms with E-state index in [1.807, 2.05) is 6.92 Å². The number of carboxylic acids is 1. The standard InChI is InChI=1S/C9H16O4/c1-6(5-8(10)11)4-7(2)9(12)13-3/h6-7H,4-5H2,1-3H3,(H,10,11)/t6-,7+/m0/s1. The van der Waals surface area contributed by atoms with E-state index in [-0.39, 0.29) is 24.2 Å². The van der Waals surface area contributed by atoms with Crippen molar-refractivity contribution in [2.24, 2.45) is 11.8 Å². The molecule has 0 rings (SSSR count). The minimum absolute atomic E-state index is 0.00611. The van der Waals surface area contributed by atoms with Gasteiger partial charge in [-0.25, -0.2) is 0 Å². The maximum absolute atomic E-state index is 11.0. The molecule has 0 aliphatic carbocycles. The highest BCUT2D eigenvalue weighted by Crippen LogP contribution is 2.15. The van der Waals surface area contributed by atoms with Gasteiger partial charge in [-0.2, -0.15) is 0 Å². The van der Waals surface area contributed by atoms with Crippen LogP contribution >= 0.6 is 0 Å². The Bertz CT molecular complexity index is 188. The first-order valence-corrected chi connectivity index (χ1v) is 4.27. The third-order valence-corrected chi connectivity index (χ3v) is 1.88. The first-order valence-electron chi connectivity index (χ1n) is 4.27. The SMILES string of the molecule is COC(=O)[C@H](C)C[C@H](C)CC(=O)O. The molecule has 0 aromatic rings. The highest BCUT2D eigenvalue weighted by atomic mass is 16.5. The Balaban J connectivity index is 3.83. The molecule has 0 saturated heterocycles. The molecule has 13 heavy (non-hydrogen) atoms. The molecule has 0 aliphatic rings. The molecular weight excluding hydrogens is 172 g/mol. The Morgan fingerprint density at radius 3 is 2.31 bits per heavy atom. The number of ether oxygens (including phenoxy) is 1. The van der Waals surface area contributed by atoms with Gasteiger partial charge in [0, 0.05) is 6.42 Å². The Morgan fingerprint density at radius 1 is 1.38 bits per heavy atom. The summed E-state index contributed by atoms with van der Waals surface area (Å²) in [5.41, 5.74) is 0. The Hall–Kier alpha value is -1.06. The summed E-state index contributed by atoms with van der Waals surface area (Å²) in [5, 5.41) is 8.48. The van der Waals surface area contributed by atoms with Gasteiger partial charge in [-0.05, 0) is 12.3 Å². The summed E-state index contributed by atoms with van der Waals surface area (Å²) in [6, 6.07) is 0. The molecule has 0 heterocycles. The summed E-state index contributed by atoms with van der Waals surface area (Å²) < 4.78 is 4.53. The minimum Gasteiger partial charge on any atom is -0.481 e. The molecule has 2 atom stereocenters. The van der Waals surface area contributed by atoms with E-state index in [1.54, 1.807) is 6.92 Å². The molecular formula is C9H16O4. The van der Waals surface area contributed by atoms with Crippen molar-refractivity contribution in [2.75, 3.05) is 7.11 Å². The van der Waals surface area contributed by atoms with Gasteiger partial charge in [0.1, 0.15) is 0 Å². The van der Waals surface area contributed by atoms with Crippen molar-refractivity contribution in [1.82, 2.24) is 0 Å². The summed E-state index contributed by atoms with van der Waals surface area (Å²) in [6.07, 6.45) is 0.653. The van der Waals surface area contributed by atoms with Crippen molar-refractivity contribution in [3.05, 3.63) is 0 Å². The van der Waals surface area contributed by atoms with Crippen LogP contribution in [-0.2, 0) is 14.3 Å². The van der Waals surface area contributed by atoms with Crippen LogP contribution < -0.4 is 0 Å². The zero-order valence-electron chi connectivity index (χ0n) is 8.24. The quantitative estimate of drug-likeness (QED) is 0.660. The van der Waals surface area contributed by atoms with Gasteiger partial charge in [0.05, 0.1) is 13.0 Å². The van der Waals surface area contributed by atoms with Crippen molar-refractivity contribution < 1.29 is 19.4 Å². The third kappa shape index (κ3) is 5.22. The van der Waals surface area contributed by atoms with Crippen LogP contribution in [0.15, 0.2) is 0 Å². The largest absolute Gasteiger partial charge is 0.481 e. The lowest BCUT2D eigenvalue weighted by Gasteiger charge is -2.13. The van der Waals surface area contributed by atoms with E-state index in [2.05, 4.69) is 4.74 Å². The zero-order chi connectivity index (χ0) is 10.4. The van der Waals surface area contributed by atoms with Gasteiger partial charge in [0.15, 0.2) is 0 Å². The molecule has 0 spiro atoms. The van der Waals surface area contributed by atoms with E-state index in [1.165, 1.54) is 7.11 Å². The Morgan fingerprint density at radius 2 is 1.92 bits per heavy atom. The lowest BCUT2D eigenvalue weighted by Crippen LogP contribution is -2.17. The van der Waals surface area contributed by atoms with Crippen LogP contribution in [0.4, 0.5) is 0 Å². The van der Waals surface area contributed by atoms with Gasteiger partial charge < -0.3 is 9.84 Å². The van der Waals surface area contributed by atoms with Gasteiger partial charge in [0.25, 0.3) is 0 Å². The van der Waals surface area contributed by atoms with Gasteiger partial charge >= 0.3 is 11.9 Å². The number of aliphatic carboxylic acids is 1. The van der Waals surface area contributed by atoms with Gasteiger partial charge in [0.2, 0.25) is 0 Å². The van der Waals surface area contributed by atoms with Gasteiger partial charge in [-0.3, -0.25) is 9.59 Å². The fraction of sp³-hybridized carbons (Fsp3) is 0.778. The van der Waals surface area contributed by atoms with E-state index < -0.39 is 5.97 Å². The summed E-state index contributed by atoms with van der Waals surface area (Å²) in [4.78, 5) is 21.3.